The predicted molar refractivity (Wildman–Crippen MR) is 119 cm³/mol. The third-order valence-corrected chi connectivity index (χ3v) is 8.01. The summed E-state index contributed by atoms with van der Waals surface area (Å²) in [6.45, 7) is 5.32. The Morgan fingerprint density at radius 3 is 2.07 bits per heavy atom. The molecule has 4 aliphatic carbocycles. The van der Waals surface area contributed by atoms with Gasteiger partial charge in [0.25, 0.3) is 0 Å². The highest BCUT2D eigenvalue weighted by atomic mass is 35.5. The van der Waals surface area contributed by atoms with E-state index in [-0.39, 0.29) is 12.4 Å². The van der Waals surface area contributed by atoms with Crippen molar-refractivity contribution in [3.05, 3.63) is 29.8 Å². The van der Waals surface area contributed by atoms with Crippen LogP contribution >= 0.6 is 12.4 Å². The van der Waals surface area contributed by atoms with Crippen molar-refractivity contribution in [1.82, 2.24) is 9.80 Å². The average molecular weight is 421 g/mol. The molecule has 4 bridgehead atoms. The number of benzene rings is 1. The minimum Gasteiger partial charge on any atom is -0.491 e. The minimum atomic E-state index is -0.425. The van der Waals surface area contributed by atoms with Crippen LogP contribution < -0.4 is 4.74 Å². The summed E-state index contributed by atoms with van der Waals surface area (Å²) in [6, 6.07) is 8.90. The Hall–Kier alpha value is -0.810. The number of ether oxygens (including phenoxy) is 1. The maximum Gasteiger partial charge on any atom is 0.119 e. The summed E-state index contributed by atoms with van der Waals surface area (Å²) < 4.78 is 5.92. The minimum absolute atomic E-state index is 0. The van der Waals surface area contributed by atoms with E-state index < -0.39 is 6.10 Å². The van der Waals surface area contributed by atoms with Crippen LogP contribution in [0, 0.1) is 17.8 Å². The number of hydrogen-bond acceptors (Lipinski definition) is 4. The molecule has 1 aromatic rings. The molecule has 0 spiro atoms. The summed E-state index contributed by atoms with van der Waals surface area (Å²) in [7, 11) is 2.16. The Labute approximate surface area is 182 Å². The molecule has 1 aliphatic heterocycles. The second-order valence-electron chi connectivity index (χ2n) is 10.3. The lowest BCUT2D eigenvalue weighted by molar-refractivity contribution is -0.00522. The van der Waals surface area contributed by atoms with Crippen molar-refractivity contribution in [2.75, 3.05) is 46.4 Å². The maximum atomic E-state index is 10.4. The molecule has 0 amide bonds. The zero-order valence-electron chi connectivity index (χ0n) is 17.8. The van der Waals surface area contributed by atoms with Crippen LogP contribution in [0.25, 0.3) is 0 Å². The predicted octanol–water partition coefficient (Wildman–Crippen LogP) is 3.56. The van der Waals surface area contributed by atoms with Gasteiger partial charge in [-0.2, -0.15) is 0 Å². The number of halogens is 1. The molecule has 5 aliphatic rings. The molecule has 4 saturated carbocycles. The van der Waals surface area contributed by atoms with Gasteiger partial charge in [-0.25, -0.2) is 0 Å². The SMILES string of the molecule is CN1CCN(CC(O)COc2ccc(C34CC5CC(CC(C5)C3)C4)cc2)CC1.Cl. The first-order valence-electron chi connectivity index (χ1n) is 11.4. The summed E-state index contributed by atoms with van der Waals surface area (Å²) >= 11 is 0. The van der Waals surface area contributed by atoms with Crippen molar-refractivity contribution >= 4 is 12.4 Å². The van der Waals surface area contributed by atoms with Crippen molar-refractivity contribution < 1.29 is 9.84 Å². The largest absolute Gasteiger partial charge is 0.491 e. The molecule has 1 N–H and O–H groups in total. The number of rotatable bonds is 6. The topological polar surface area (TPSA) is 35.9 Å². The third-order valence-electron chi connectivity index (χ3n) is 8.01. The molecule has 6 rings (SSSR count). The zero-order valence-corrected chi connectivity index (χ0v) is 18.6. The summed E-state index contributed by atoms with van der Waals surface area (Å²) in [5.74, 6) is 3.83. The lowest BCUT2D eigenvalue weighted by atomic mass is 9.48. The average Bonchev–Trinajstić information content (AvgIpc) is 2.68. The molecule has 162 valence electrons. The van der Waals surface area contributed by atoms with E-state index in [1.54, 1.807) is 0 Å². The van der Waals surface area contributed by atoms with Gasteiger partial charge in [0.15, 0.2) is 0 Å². The van der Waals surface area contributed by atoms with E-state index in [1.165, 1.54) is 44.1 Å². The van der Waals surface area contributed by atoms with Crippen LogP contribution in [0.15, 0.2) is 24.3 Å². The number of aliphatic hydroxyl groups excluding tert-OH is 1. The molecule has 5 fully saturated rings. The first kappa shape index (κ1) is 21.4. The number of aliphatic hydroxyl groups is 1. The second kappa shape index (κ2) is 8.74. The summed E-state index contributed by atoms with van der Waals surface area (Å²) in [5, 5.41) is 10.4. The van der Waals surface area contributed by atoms with Crippen LogP contribution in [0.4, 0.5) is 0 Å². The quantitative estimate of drug-likeness (QED) is 0.763. The zero-order chi connectivity index (χ0) is 19.1. The van der Waals surface area contributed by atoms with Crippen LogP contribution in [0.2, 0.25) is 0 Å². The van der Waals surface area contributed by atoms with Gasteiger partial charge in [0, 0.05) is 32.7 Å². The van der Waals surface area contributed by atoms with Gasteiger partial charge >= 0.3 is 0 Å². The van der Waals surface area contributed by atoms with Crippen molar-refractivity contribution in [3.8, 4) is 5.75 Å². The molecule has 0 aromatic heterocycles. The molecule has 4 nitrogen and oxygen atoms in total. The van der Waals surface area contributed by atoms with Crippen molar-refractivity contribution in [1.29, 1.82) is 0 Å². The molecule has 1 heterocycles. The second-order valence-corrected chi connectivity index (χ2v) is 10.3. The Balaban J connectivity index is 0.00000205. The molecule has 5 heteroatoms. The van der Waals surface area contributed by atoms with E-state index in [4.69, 9.17) is 4.74 Å². The fraction of sp³-hybridized carbons (Fsp3) is 0.750. The van der Waals surface area contributed by atoms with Gasteiger partial charge in [0.05, 0.1) is 0 Å². The highest BCUT2D eigenvalue weighted by Gasteiger charge is 2.51. The van der Waals surface area contributed by atoms with Crippen LogP contribution in [0.5, 0.6) is 5.75 Å². The summed E-state index contributed by atoms with van der Waals surface area (Å²) in [4.78, 5) is 4.68. The number of β-amino-alcohol motifs (C(OH)–C–C–N with tert-alkyl or cyclic N) is 1. The molecular formula is C24H37ClN2O2. The summed E-state index contributed by atoms with van der Waals surface area (Å²) in [5.41, 5.74) is 1.99. The van der Waals surface area contributed by atoms with Gasteiger partial charge in [-0.15, -0.1) is 12.4 Å². The highest BCUT2D eigenvalue weighted by molar-refractivity contribution is 5.85. The van der Waals surface area contributed by atoms with E-state index in [1.807, 2.05) is 0 Å². The van der Waals surface area contributed by atoms with Crippen LogP contribution in [-0.4, -0.2) is 67.4 Å². The van der Waals surface area contributed by atoms with Crippen molar-refractivity contribution in [3.63, 3.8) is 0 Å². The Morgan fingerprint density at radius 1 is 0.966 bits per heavy atom. The van der Waals surface area contributed by atoms with Crippen molar-refractivity contribution in [2.24, 2.45) is 17.8 Å². The Bertz CT molecular complexity index is 637. The molecule has 1 aromatic carbocycles. The highest BCUT2D eigenvalue weighted by Crippen LogP contribution is 2.60. The first-order chi connectivity index (χ1) is 13.6. The maximum absolute atomic E-state index is 10.4. The van der Waals surface area contributed by atoms with E-state index in [2.05, 4.69) is 41.1 Å². The van der Waals surface area contributed by atoms with Crippen LogP contribution in [-0.2, 0) is 5.41 Å². The fourth-order valence-corrected chi connectivity index (χ4v) is 6.94. The standard InChI is InChI=1S/C24H36N2O2.ClH/c1-25-6-8-26(9-7-25)16-22(27)17-28-23-4-2-21(3-5-23)24-13-18-10-19(14-24)12-20(11-18)15-24;/h2-5,18-20,22,27H,6-17H2,1H3;1H. The molecule has 1 unspecified atom stereocenters. The number of piperazine rings is 1. The molecule has 1 saturated heterocycles. The van der Waals surface area contributed by atoms with Gasteiger partial charge in [-0.1, -0.05) is 12.1 Å². The van der Waals surface area contributed by atoms with E-state index in [9.17, 15) is 5.11 Å². The lowest BCUT2D eigenvalue weighted by Gasteiger charge is -2.57. The fourth-order valence-electron chi connectivity index (χ4n) is 6.94. The normalized spacial score (nSPS) is 35.3. The molecule has 29 heavy (non-hydrogen) atoms. The van der Waals surface area contributed by atoms with Gasteiger partial charge in [-0.3, -0.25) is 4.90 Å². The van der Waals surface area contributed by atoms with Crippen LogP contribution in [0.3, 0.4) is 0 Å². The Morgan fingerprint density at radius 2 is 1.52 bits per heavy atom. The van der Waals surface area contributed by atoms with Crippen molar-refractivity contribution in [2.45, 2.75) is 50.0 Å². The molecule has 1 atom stereocenters. The van der Waals surface area contributed by atoms with E-state index in [0.717, 1.165) is 49.7 Å². The molecule has 0 radical (unpaired) electrons. The van der Waals surface area contributed by atoms with Gasteiger partial charge in [-0.05, 0) is 86.4 Å². The van der Waals surface area contributed by atoms with E-state index >= 15 is 0 Å². The number of likely N-dealkylation sites (N-methyl/N-ethyl adjacent to an activating group) is 1. The summed E-state index contributed by atoms with van der Waals surface area (Å²) in [6.07, 6.45) is 8.27. The Kier molecular flexibility index (Phi) is 6.46. The number of hydrogen-bond donors (Lipinski definition) is 1. The molecular weight excluding hydrogens is 384 g/mol. The van der Waals surface area contributed by atoms with Crippen LogP contribution in [0.1, 0.15) is 44.1 Å². The lowest BCUT2D eigenvalue weighted by Crippen LogP contribution is -2.48. The van der Waals surface area contributed by atoms with Gasteiger partial charge < -0.3 is 14.7 Å². The van der Waals surface area contributed by atoms with Gasteiger partial charge in [0.2, 0.25) is 0 Å². The van der Waals surface area contributed by atoms with Gasteiger partial charge in [0.1, 0.15) is 18.5 Å². The van der Waals surface area contributed by atoms with E-state index in [0.29, 0.717) is 18.6 Å². The monoisotopic (exact) mass is 420 g/mol. The number of nitrogens with zero attached hydrogens (tertiary/aromatic N) is 2. The smallest absolute Gasteiger partial charge is 0.119 e. The first-order valence-corrected chi connectivity index (χ1v) is 11.4. The third kappa shape index (κ3) is 4.61.